The minimum atomic E-state index is -0.735. The normalized spacial score (nSPS) is 10.4. The molecule has 142 valence electrons. The van der Waals surface area contributed by atoms with Gasteiger partial charge in [-0.25, -0.2) is 4.79 Å². The Balaban J connectivity index is 1.95. The van der Waals surface area contributed by atoms with Gasteiger partial charge in [0.05, 0.1) is 18.4 Å². The van der Waals surface area contributed by atoms with Crippen LogP contribution in [-0.4, -0.2) is 33.9 Å². The molecule has 0 spiro atoms. The van der Waals surface area contributed by atoms with E-state index in [2.05, 4.69) is 15.2 Å². The molecule has 0 fully saturated rings. The lowest BCUT2D eigenvalue weighted by Gasteiger charge is -2.10. The van der Waals surface area contributed by atoms with Crippen LogP contribution in [0.5, 0.6) is 5.75 Å². The monoisotopic (exact) mass is 379 g/mol. The zero-order valence-electron chi connectivity index (χ0n) is 15.2. The van der Waals surface area contributed by atoms with Gasteiger partial charge in [-0.2, -0.15) is 9.78 Å². The molecule has 0 bridgehead atoms. The molecule has 0 aliphatic rings. The van der Waals surface area contributed by atoms with Gasteiger partial charge < -0.3 is 15.2 Å². The molecule has 3 rings (SSSR count). The molecule has 0 saturated heterocycles. The Labute approximate surface area is 160 Å². The summed E-state index contributed by atoms with van der Waals surface area (Å²) in [5.41, 5.74) is 1.03. The van der Waals surface area contributed by atoms with Crippen LogP contribution in [-0.2, 0) is 4.74 Å². The van der Waals surface area contributed by atoms with Crippen molar-refractivity contribution in [2.45, 2.75) is 6.92 Å². The Kier molecular flexibility index (Phi) is 5.21. The van der Waals surface area contributed by atoms with Gasteiger partial charge in [-0.1, -0.05) is 18.2 Å². The van der Waals surface area contributed by atoms with Crippen molar-refractivity contribution in [2.75, 3.05) is 12.4 Å². The number of aromatic nitrogens is 2. The van der Waals surface area contributed by atoms with Crippen molar-refractivity contribution in [1.29, 1.82) is 0 Å². The van der Waals surface area contributed by atoms with Gasteiger partial charge in [-0.3, -0.25) is 9.59 Å². The number of hydrogen-bond donors (Lipinski definition) is 2. The second-order valence-corrected chi connectivity index (χ2v) is 5.99. The lowest BCUT2D eigenvalue weighted by atomic mass is 10.2. The highest BCUT2D eigenvalue weighted by atomic mass is 16.5. The molecule has 3 aromatic rings. The number of methoxy groups -OCH3 is 1. The van der Waals surface area contributed by atoms with Crippen molar-refractivity contribution in [3.63, 3.8) is 0 Å². The SMILES string of the molecule is COC(=O)c1cccc(NC(=O)c2nn(-c3cccc(C)c3)c(=O)cc2O)c1. The van der Waals surface area contributed by atoms with E-state index >= 15 is 0 Å². The molecule has 8 nitrogen and oxygen atoms in total. The van der Waals surface area contributed by atoms with Crippen LogP contribution < -0.4 is 10.9 Å². The summed E-state index contributed by atoms with van der Waals surface area (Å²) in [4.78, 5) is 36.4. The number of amides is 1. The zero-order valence-corrected chi connectivity index (χ0v) is 15.2. The Morgan fingerprint density at radius 1 is 1.11 bits per heavy atom. The van der Waals surface area contributed by atoms with Crippen molar-refractivity contribution in [3.8, 4) is 11.4 Å². The largest absolute Gasteiger partial charge is 0.505 e. The summed E-state index contributed by atoms with van der Waals surface area (Å²) in [5, 5.41) is 16.6. The molecule has 0 unspecified atom stereocenters. The number of nitrogens with zero attached hydrogens (tertiary/aromatic N) is 2. The van der Waals surface area contributed by atoms with E-state index in [9.17, 15) is 19.5 Å². The highest BCUT2D eigenvalue weighted by molar-refractivity contribution is 6.05. The predicted octanol–water partition coefficient (Wildman–Crippen LogP) is 2.29. The molecule has 1 amide bonds. The number of carbonyl (C=O) groups excluding carboxylic acids is 2. The summed E-state index contributed by atoms with van der Waals surface area (Å²) >= 11 is 0. The first-order valence-electron chi connectivity index (χ1n) is 8.29. The second kappa shape index (κ2) is 7.75. The summed E-state index contributed by atoms with van der Waals surface area (Å²) < 4.78 is 5.68. The van der Waals surface area contributed by atoms with Gasteiger partial charge in [0.2, 0.25) is 0 Å². The zero-order chi connectivity index (χ0) is 20.3. The van der Waals surface area contributed by atoms with E-state index < -0.39 is 23.2 Å². The Morgan fingerprint density at radius 2 is 1.86 bits per heavy atom. The number of carbonyl (C=O) groups is 2. The molecule has 8 heteroatoms. The third kappa shape index (κ3) is 3.90. The standard InChI is InChI=1S/C20H17N3O5/c1-12-5-3-8-15(9-12)23-17(25)11-16(24)18(22-23)19(26)21-14-7-4-6-13(10-14)20(27)28-2/h3-11,24H,1-2H3,(H,21,26). The Hall–Kier alpha value is -3.94. The van der Waals surface area contributed by atoms with Gasteiger partial charge in [0, 0.05) is 11.8 Å². The van der Waals surface area contributed by atoms with Crippen LogP contribution in [0.1, 0.15) is 26.4 Å². The minimum absolute atomic E-state index is 0.252. The maximum Gasteiger partial charge on any atom is 0.337 e. The van der Waals surface area contributed by atoms with Crippen LogP contribution in [0.25, 0.3) is 5.69 Å². The molecule has 0 radical (unpaired) electrons. The number of aromatic hydroxyl groups is 1. The average Bonchev–Trinajstić information content (AvgIpc) is 2.67. The molecule has 1 aromatic heterocycles. The number of anilines is 1. The van der Waals surface area contributed by atoms with Crippen LogP contribution in [0.2, 0.25) is 0 Å². The molecular formula is C20H17N3O5. The van der Waals surface area contributed by atoms with Crippen molar-refractivity contribution in [1.82, 2.24) is 9.78 Å². The number of benzene rings is 2. The van der Waals surface area contributed by atoms with Crippen LogP contribution in [0.3, 0.4) is 0 Å². The highest BCUT2D eigenvalue weighted by Gasteiger charge is 2.18. The van der Waals surface area contributed by atoms with Crippen LogP contribution in [0.15, 0.2) is 59.4 Å². The van der Waals surface area contributed by atoms with E-state index in [-0.39, 0.29) is 11.3 Å². The summed E-state index contributed by atoms with van der Waals surface area (Å²) in [6, 6.07) is 14.0. The van der Waals surface area contributed by atoms with Crippen molar-refractivity contribution in [2.24, 2.45) is 0 Å². The molecule has 1 heterocycles. The highest BCUT2D eigenvalue weighted by Crippen LogP contribution is 2.17. The van der Waals surface area contributed by atoms with E-state index in [0.29, 0.717) is 11.4 Å². The van der Waals surface area contributed by atoms with Crippen molar-refractivity contribution in [3.05, 3.63) is 81.8 Å². The first-order valence-corrected chi connectivity index (χ1v) is 8.29. The molecule has 2 N–H and O–H groups in total. The Morgan fingerprint density at radius 3 is 2.57 bits per heavy atom. The average molecular weight is 379 g/mol. The number of ether oxygens (including phenoxy) is 1. The van der Waals surface area contributed by atoms with Crippen LogP contribution in [0.4, 0.5) is 5.69 Å². The summed E-state index contributed by atoms with van der Waals surface area (Å²) in [7, 11) is 1.25. The van der Waals surface area contributed by atoms with Gasteiger partial charge in [0.15, 0.2) is 11.4 Å². The van der Waals surface area contributed by atoms with E-state index in [4.69, 9.17) is 0 Å². The molecule has 0 aliphatic carbocycles. The molecule has 28 heavy (non-hydrogen) atoms. The van der Waals surface area contributed by atoms with Gasteiger partial charge in [0.1, 0.15) is 0 Å². The number of hydrogen-bond acceptors (Lipinski definition) is 6. The lowest BCUT2D eigenvalue weighted by Crippen LogP contribution is -2.25. The lowest BCUT2D eigenvalue weighted by molar-refractivity contribution is 0.0600. The van der Waals surface area contributed by atoms with Gasteiger partial charge in [-0.05, 0) is 42.8 Å². The third-order valence-corrected chi connectivity index (χ3v) is 3.91. The number of rotatable bonds is 4. The smallest absolute Gasteiger partial charge is 0.337 e. The van der Waals surface area contributed by atoms with Crippen LogP contribution in [0, 0.1) is 6.92 Å². The predicted molar refractivity (Wildman–Crippen MR) is 102 cm³/mol. The van der Waals surface area contributed by atoms with Gasteiger partial charge >= 0.3 is 5.97 Å². The fourth-order valence-electron chi connectivity index (χ4n) is 2.59. The van der Waals surface area contributed by atoms with Crippen molar-refractivity contribution >= 4 is 17.6 Å². The van der Waals surface area contributed by atoms with Crippen molar-refractivity contribution < 1.29 is 19.4 Å². The summed E-state index contributed by atoms with van der Waals surface area (Å²) in [6.07, 6.45) is 0. The quantitative estimate of drug-likeness (QED) is 0.673. The minimum Gasteiger partial charge on any atom is -0.505 e. The maximum atomic E-state index is 12.6. The Bertz CT molecular complexity index is 1120. The van der Waals surface area contributed by atoms with E-state index in [0.717, 1.165) is 16.3 Å². The topological polar surface area (TPSA) is 111 Å². The number of esters is 1. The first-order chi connectivity index (χ1) is 13.4. The van der Waals surface area contributed by atoms with Crippen LogP contribution >= 0.6 is 0 Å². The van der Waals surface area contributed by atoms with E-state index in [1.807, 2.05) is 13.0 Å². The van der Waals surface area contributed by atoms with Gasteiger partial charge in [-0.15, -0.1) is 0 Å². The second-order valence-electron chi connectivity index (χ2n) is 5.99. The fourth-order valence-corrected chi connectivity index (χ4v) is 2.59. The van der Waals surface area contributed by atoms with Gasteiger partial charge in [0.25, 0.3) is 11.5 Å². The molecule has 0 aliphatic heterocycles. The molecule has 0 saturated carbocycles. The summed E-state index contributed by atoms with van der Waals surface area (Å²) in [5.74, 6) is -1.83. The van der Waals surface area contributed by atoms with E-state index in [1.54, 1.807) is 30.3 Å². The maximum absolute atomic E-state index is 12.6. The first kappa shape index (κ1) is 18.8. The fraction of sp³-hybridized carbons (Fsp3) is 0.100. The number of aryl methyl sites for hydroxylation is 1. The summed E-state index contributed by atoms with van der Waals surface area (Å²) in [6.45, 7) is 1.86. The number of nitrogens with one attached hydrogen (secondary N) is 1. The molecular weight excluding hydrogens is 362 g/mol. The molecule has 0 atom stereocenters. The molecule has 2 aromatic carbocycles. The third-order valence-electron chi connectivity index (χ3n) is 3.91. The van der Waals surface area contributed by atoms with E-state index in [1.165, 1.54) is 19.2 Å².